The number of hydrogen-bond donors (Lipinski definition) is 0. The maximum atomic E-state index is 5.62. The molecule has 0 bridgehead atoms. The van der Waals surface area contributed by atoms with Crippen molar-refractivity contribution < 1.29 is 4.74 Å². The minimum Gasteiger partial charge on any atom is -0.497 e. The average molecular weight is 217 g/mol. The van der Waals surface area contributed by atoms with E-state index >= 15 is 0 Å². The first-order valence-electron chi connectivity index (χ1n) is 4.11. The second-order valence-corrected chi connectivity index (χ2v) is 4.18. The molecule has 3 heteroatoms. The second kappa shape index (κ2) is 5.40. The van der Waals surface area contributed by atoms with Crippen molar-refractivity contribution in [1.29, 1.82) is 0 Å². The monoisotopic (exact) mass is 216 g/mol. The van der Waals surface area contributed by atoms with Crippen molar-refractivity contribution in [3.63, 3.8) is 0 Å². The van der Waals surface area contributed by atoms with Gasteiger partial charge in [0.25, 0.3) is 0 Å². The molecule has 13 heavy (non-hydrogen) atoms. The Kier molecular flexibility index (Phi) is 4.46. The molecule has 1 aromatic carbocycles. The summed E-state index contributed by atoms with van der Waals surface area (Å²) >= 11 is 7.40. The van der Waals surface area contributed by atoms with E-state index in [1.165, 1.54) is 10.5 Å². The van der Waals surface area contributed by atoms with Crippen LogP contribution >= 0.6 is 23.4 Å². The van der Waals surface area contributed by atoms with Crippen LogP contribution in [0, 0.1) is 6.92 Å². The van der Waals surface area contributed by atoms with Crippen LogP contribution in [0.1, 0.15) is 5.56 Å². The molecule has 0 aliphatic rings. The maximum absolute atomic E-state index is 5.62. The van der Waals surface area contributed by atoms with Crippen molar-refractivity contribution >= 4 is 23.4 Å². The van der Waals surface area contributed by atoms with E-state index in [1.807, 2.05) is 12.1 Å². The number of hydrogen-bond acceptors (Lipinski definition) is 2. The van der Waals surface area contributed by atoms with Crippen molar-refractivity contribution in [1.82, 2.24) is 0 Å². The number of rotatable bonds is 4. The normalized spacial score (nSPS) is 10.1. The van der Waals surface area contributed by atoms with E-state index in [0.717, 1.165) is 11.5 Å². The molecule has 0 aromatic heterocycles. The fraction of sp³-hybridized carbons (Fsp3) is 0.400. The summed E-state index contributed by atoms with van der Waals surface area (Å²) in [7, 11) is 1.68. The van der Waals surface area contributed by atoms with Crippen LogP contribution in [0.4, 0.5) is 0 Å². The van der Waals surface area contributed by atoms with Crippen molar-refractivity contribution in [3.8, 4) is 5.75 Å². The topological polar surface area (TPSA) is 9.23 Å². The summed E-state index contributed by atoms with van der Waals surface area (Å²) in [4.78, 5) is 1.28. The Morgan fingerprint density at radius 3 is 2.77 bits per heavy atom. The van der Waals surface area contributed by atoms with Crippen LogP contribution in [0.3, 0.4) is 0 Å². The molecule has 1 nitrogen and oxygen atoms in total. The Bertz CT molecular complexity index is 276. The third kappa shape index (κ3) is 3.12. The standard InChI is InChI=1S/C10H13ClOS/c1-8-7-9(12-2)3-4-10(8)13-6-5-11/h3-4,7H,5-6H2,1-2H3. The summed E-state index contributed by atoms with van der Waals surface area (Å²) in [5.74, 6) is 2.55. The Balaban J connectivity index is 2.73. The van der Waals surface area contributed by atoms with Crippen molar-refractivity contribution in [2.24, 2.45) is 0 Å². The van der Waals surface area contributed by atoms with Gasteiger partial charge < -0.3 is 4.74 Å². The smallest absolute Gasteiger partial charge is 0.119 e. The number of aryl methyl sites for hydroxylation is 1. The Morgan fingerprint density at radius 2 is 2.23 bits per heavy atom. The van der Waals surface area contributed by atoms with Crippen LogP contribution in [-0.2, 0) is 0 Å². The van der Waals surface area contributed by atoms with E-state index in [1.54, 1.807) is 18.9 Å². The molecule has 1 rings (SSSR count). The summed E-state index contributed by atoms with van der Waals surface area (Å²) in [6.07, 6.45) is 0. The summed E-state index contributed by atoms with van der Waals surface area (Å²) in [5, 5.41) is 0. The summed E-state index contributed by atoms with van der Waals surface area (Å²) in [6, 6.07) is 6.09. The maximum Gasteiger partial charge on any atom is 0.119 e. The number of benzene rings is 1. The lowest BCUT2D eigenvalue weighted by Gasteiger charge is -2.06. The molecule has 0 radical (unpaired) electrons. The van der Waals surface area contributed by atoms with Gasteiger partial charge in [-0.3, -0.25) is 0 Å². The third-order valence-corrected chi connectivity index (χ3v) is 3.31. The number of ether oxygens (including phenoxy) is 1. The summed E-state index contributed by atoms with van der Waals surface area (Å²) in [6.45, 7) is 2.08. The highest BCUT2D eigenvalue weighted by atomic mass is 35.5. The minimum absolute atomic E-state index is 0.691. The van der Waals surface area contributed by atoms with Crippen molar-refractivity contribution in [2.45, 2.75) is 11.8 Å². The zero-order valence-corrected chi connectivity index (χ0v) is 9.41. The van der Waals surface area contributed by atoms with E-state index in [-0.39, 0.29) is 0 Å². The fourth-order valence-electron chi connectivity index (χ4n) is 1.06. The highest BCUT2D eigenvalue weighted by molar-refractivity contribution is 7.99. The minimum atomic E-state index is 0.691. The van der Waals surface area contributed by atoms with Gasteiger partial charge in [-0.25, -0.2) is 0 Å². The Labute approximate surface area is 88.4 Å². The Hall–Kier alpha value is -0.340. The van der Waals surface area contributed by atoms with E-state index in [2.05, 4.69) is 13.0 Å². The Morgan fingerprint density at radius 1 is 1.46 bits per heavy atom. The van der Waals surface area contributed by atoms with Gasteiger partial charge in [0.15, 0.2) is 0 Å². The van der Waals surface area contributed by atoms with Crippen LogP contribution in [0.25, 0.3) is 0 Å². The van der Waals surface area contributed by atoms with Gasteiger partial charge >= 0.3 is 0 Å². The second-order valence-electron chi connectivity index (χ2n) is 2.67. The van der Waals surface area contributed by atoms with Gasteiger partial charge in [-0.15, -0.1) is 23.4 Å². The first-order chi connectivity index (χ1) is 6.27. The van der Waals surface area contributed by atoms with Gasteiger partial charge in [-0.2, -0.15) is 0 Å². The van der Waals surface area contributed by atoms with Gasteiger partial charge in [-0.05, 0) is 30.7 Å². The van der Waals surface area contributed by atoms with Crippen molar-refractivity contribution in [3.05, 3.63) is 23.8 Å². The predicted octanol–water partition coefficient (Wildman–Crippen LogP) is 3.33. The summed E-state index contributed by atoms with van der Waals surface area (Å²) in [5.41, 5.74) is 1.24. The van der Waals surface area contributed by atoms with E-state index in [9.17, 15) is 0 Å². The molecule has 1 aromatic rings. The van der Waals surface area contributed by atoms with Crippen LogP contribution in [0.15, 0.2) is 23.1 Å². The molecule has 0 N–H and O–H groups in total. The van der Waals surface area contributed by atoms with Gasteiger partial charge in [-0.1, -0.05) is 0 Å². The van der Waals surface area contributed by atoms with Crippen LogP contribution in [0.5, 0.6) is 5.75 Å². The number of alkyl halides is 1. The molecule has 0 unspecified atom stereocenters. The van der Waals surface area contributed by atoms with E-state index in [0.29, 0.717) is 5.88 Å². The molecule has 0 heterocycles. The number of methoxy groups -OCH3 is 1. The van der Waals surface area contributed by atoms with Crippen molar-refractivity contribution in [2.75, 3.05) is 18.7 Å². The molecule has 0 aliphatic heterocycles. The quantitative estimate of drug-likeness (QED) is 0.564. The molecule has 0 saturated carbocycles. The lowest BCUT2D eigenvalue weighted by molar-refractivity contribution is 0.414. The molecule has 0 amide bonds. The van der Waals surface area contributed by atoms with E-state index < -0.39 is 0 Å². The third-order valence-electron chi connectivity index (χ3n) is 1.72. The molecule has 0 saturated heterocycles. The molecule has 0 fully saturated rings. The van der Waals surface area contributed by atoms with Crippen LogP contribution in [0.2, 0.25) is 0 Å². The summed E-state index contributed by atoms with van der Waals surface area (Å²) < 4.78 is 5.12. The predicted molar refractivity (Wildman–Crippen MR) is 59.2 cm³/mol. The molecular weight excluding hydrogens is 204 g/mol. The molecule has 0 aliphatic carbocycles. The largest absolute Gasteiger partial charge is 0.497 e. The lowest BCUT2D eigenvalue weighted by Crippen LogP contribution is -1.87. The lowest BCUT2D eigenvalue weighted by atomic mass is 10.2. The number of thioether (sulfide) groups is 1. The molecule has 72 valence electrons. The van der Waals surface area contributed by atoms with Gasteiger partial charge in [0, 0.05) is 16.5 Å². The van der Waals surface area contributed by atoms with Crippen LogP contribution in [-0.4, -0.2) is 18.7 Å². The first kappa shape index (κ1) is 10.7. The zero-order chi connectivity index (χ0) is 9.68. The van der Waals surface area contributed by atoms with Crippen LogP contribution < -0.4 is 4.74 Å². The first-order valence-corrected chi connectivity index (χ1v) is 5.63. The molecule has 0 spiro atoms. The van der Waals surface area contributed by atoms with E-state index in [4.69, 9.17) is 16.3 Å². The van der Waals surface area contributed by atoms with Gasteiger partial charge in [0.05, 0.1) is 7.11 Å². The van der Waals surface area contributed by atoms with Gasteiger partial charge in [0.1, 0.15) is 5.75 Å². The SMILES string of the molecule is COc1ccc(SCCCl)c(C)c1. The average Bonchev–Trinajstić information content (AvgIpc) is 2.16. The molecule has 0 atom stereocenters. The highest BCUT2D eigenvalue weighted by Gasteiger charge is 1.99. The number of halogens is 1. The van der Waals surface area contributed by atoms with Gasteiger partial charge in [0.2, 0.25) is 0 Å². The zero-order valence-electron chi connectivity index (χ0n) is 7.84. The fourth-order valence-corrected chi connectivity index (χ4v) is 2.04. The molecular formula is C10H13ClOS. The highest BCUT2D eigenvalue weighted by Crippen LogP contribution is 2.25.